The molecular formula is C26H34N2O5S. The number of rotatable bonds is 8. The Kier molecular flexibility index (Phi) is 8.49. The Morgan fingerprint density at radius 2 is 1.65 bits per heavy atom. The van der Waals surface area contributed by atoms with Crippen molar-refractivity contribution in [3.63, 3.8) is 0 Å². The summed E-state index contributed by atoms with van der Waals surface area (Å²) in [5.74, 6) is -0.429. The summed E-state index contributed by atoms with van der Waals surface area (Å²) >= 11 is 0. The number of sulfonamides is 1. The SMILES string of the molecule is COC(=O)c1ccccc1S(=O)(=O)N1CCC(C(=O)NC(C)c2ccc(CC(C)C)cc2)CC1. The molecule has 34 heavy (non-hydrogen) atoms. The molecule has 1 N–H and O–H groups in total. The van der Waals surface area contributed by atoms with Gasteiger partial charge in [0, 0.05) is 19.0 Å². The second kappa shape index (κ2) is 11.1. The van der Waals surface area contributed by atoms with E-state index in [-0.39, 0.29) is 41.4 Å². The Bertz CT molecular complexity index is 1100. The lowest BCUT2D eigenvalue weighted by Gasteiger charge is -2.31. The van der Waals surface area contributed by atoms with Gasteiger partial charge in [-0.1, -0.05) is 50.2 Å². The van der Waals surface area contributed by atoms with E-state index in [9.17, 15) is 18.0 Å². The lowest BCUT2D eigenvalue weighted by molar-refractivity contribution is -0.126. The van der Waals surface area contributed by atoms with Crippen molar-refractivity contribution in [3.05, 3.63) is 65.2 Å². The standard InChI is InChI=1S/C26H34N2O5S/c1-18(2)17-20-9-11-21(12-10-20)19(3)27-25(29)22-13-15-28(16-14-22)34(31,32)24-8-6-5-7-23(24)26(30)33-4/h5-12,18-19,22H,13-17H2,1-4H3,(H,27,29). The maximum absolute atomic E-state index is 13.2. The van der Waals surface area contributed by atoms with E-state index in [4.69, 9.17) is 4.74 Å². The summed E-state index contributed by atoms with van der Waals surface area (Å²) in [7, 11) is -2.66. The molecule has 2 aromatic rings. The molecule has 2 aromatic carbocycles. The summed E-state index contributed by atoms with van der Waals surface area (Å²) in [6.45, 7) is 6.76. The maximum atomic E-state index is 13.2. The van der Waals surface area contributed by atoms with Gasteiger partial charge in [0.15, 0.2) is 0 Å². The molecule has 1 aliphatic heterocycles. The van der Waals surface area contributed by atoms with Crippen LogP contribution >= 0.6 is 0 Å². The van der Waals surface area contributed by atoms with Gasteiger partial charge >= 0.3 is 5.97 Å². The molecule has 1 amide bonds. The van der Waals surface area contributed by atoms with Crippen LogP contribution in [0.25, 0.3) is 0 Å². The summed E-state index contributed by atoms with van der Waals surface area (Å²) in [5.41, 5.74) is 2.33. The number of piperidine rings is 1. The minimum absolute atomic E-state index is 0.0121. The first-order valence-electron chi connectivity index (χ1n) is 11.7. The van der Waals surface area contributed by atoms with E-state index in [0.29, 0.717) is 18.8 Å². The average Bonchev–Trinajstić information content (AvgIpc) is 2.83. The third kappa shape index (κ3) is 6.04. The molecule has 184 valence electrons. The molecule has 0 spiro atoms. The zero-order valence-electron chi connectivity index (χ0n) is 20.3. The number of hydrogen-bond acceptors (Lipinski definition) is 5. The highest BCUT2D eigenvalue weighted by Gasteiger charge is 2.34. The quantitative estimate of drug-likeness (QED) is 0.571. The molecule has 0 radical (unpaired) electrons. The molecule has 7 nitrogen and oxygen atoms in total. The van der Waals surface area contributed by atoms with Gasteiger partial charge in [-0.05, 0) is 55.4 Å². The normalized spacial score (nSPS) is 16.3. The summed E-state index contributed by atoms with van der Waals surface area (Å²) < 4.78 is 32.4. The monoisotopic (exact) mass is 486 g/mol. The highest BCUT2D eigenvalue weighted by atomic mass is 32.2. The number of hydrogen-bond donors (Lipinski definition) is 1. The van der Waals surface area contributed by atoms with Gasteiger partial charge in [-0.2, -0.15) is 4.31 Å². The Balaban J connectivity index is 1.60. The number of amides is 1. The third-order valence-electron chi connectivity index (χ3n) is 6.22. The van der Waals surface area contributed by atoms with Gasteiger partial charge in [0.25, 0.3) is 0 Å². The van der Waals surface area contributed by atoms with E-state index in [1.54, 1.807) is 12.1 Å². The van der Waals surface area contributed by atoms with Crippen molar-refractivity contribution >= 4 is 21.9 Å². The highest BCUT2D eigenvalue weighted by Crippen LogP contribution is 2.27. The number of carbonyl (C=O) groups excluding carboxylic acids is 2. The molecule has 8 heteroatoms. The fourth-order valence-electron chi connectivity index (χ4n) is 4.30. The van der Waals surface area contributed by atoms with Crippen molar-refractivity contribution in [3.8, 4) is 0 Å². The van der Waals surface area contributed by atoms with E-state index in [0.717, 1.165) is 12.0 Å². The van der Waals surface area contributed by atoms with Gasteiger partial charge in [0.05, 0.1) is 23.6 Å². The van der Waals surface area contributed by atoms with Crippen molar-refractivity contribution in [1.29, 1.82) is 0 Å². The van der Waals surface area contributed by atoms with Crippen molar-refractivity contribution < 1.29 is 22.7 Å². The molecule has 0 aliphatic carbocycles. The van der Waals surface area contributed by atoms with Crippen LogP contribution in [-0.4, -0.2) is 44.8 Å². The van der Waals surface area contributed by atoms with Gasteiger partial charge in [-0.25, -0.2) is 13.2 Å². The Hall–Kier alpha value is -2.71. The van der Waals surface area contributed by atoms with E-state index in [1.807, 2.05) is 6.92 Å². The summed E-state index contributed by atoms with van der Waals surface area (Å²) in [4.78, 5) is 24.8. The van der Waals surface area contributed by atoms with Crippen LogP contribution in [0.2, 0.25) is 0 Å². The van der Waals surface area contributed by atoms with E-state index < -0.39 is 16.0 Å². The molecule has 0 bridgehead atoms. The number of nitrogens with one attached hydrogen (secondary N) is 1. The van der Waals surface area contributed by atoms with Crippen LogP contribution in [0.1, 0.15) is 61.1 Å². The van der Waals surface area contributed by atoms with Gasteiger partial charge in [-0.3, -0.25) is 4.79 Å². The van der Waals surface area contributed by atoms with Crippen molar-refractivity contribution in [2.24, 2.45) is 11.8 Å². The molecule has 1 heterocycles. The minimum atomic E-state index is -3.88. The minimum Gasteiger partial charge on any atom is -0.465 e. The lowest BCUT2D eigenvalue weighted by Crippen LogP contribution is -2.43. The van der Waals surface area contributed by atoms with Crippen LogP contribution < -0.4 is 5.32 Å². The number of nitrogens with zero attached hydrogens (tertiary/aromatic N) is 1. The zero-order chi connectivity index (χ0) is 24.9. The summed E-state index contributed by atoms with van der Waals surface area (Å²) in [6.07, 6.45) is 1.86. The Labute approximate surface area is 202 Å². The first-order chi connectivity index (χ1) is 16.1. The van der Waals surface area contributed by atoms with Crippen LogP contribution in [0.3, 0.4) is 0 Å². The number of esters is 1. The number of ether oxygens (including phenoxy) is 1. The maximum Gasteiger partial charge on any atom is 0.339 e. The average molecular weight is 487 g/mol. The molecule has 1 fully saturated rings. The highest BCUT2D eigenvalue weighted by molar-refractivity contribution is 7.89. The van der Waals surface area contributed by atoms with Crippen LogP contribution in [0, 0.1) is 11.8 Å². The molecule has 1 saturated heterocycles. The molecule has 0 saturated carbocycles. The predicted octanol–water partition coefficient (Wildman–Crippen LogP) is 3.95. The molecule has 0 aromatic heterocycles. The van der Waals surface area contributed by atoms with Crippen LogP contribution in [0.4, 0.5) is 0 Å². The second-order valence-electron chi connectivity index (χ2n) is 9.24. The number of carbonyl (C=O) groups is 2. The fourth-order valence-corrected chi connectivity index (χ4v) is 5.95. The van der Waals surface area contributed by atoms with Gasteiger partial charge in [0.2, 0.25) is 15.9 Å². The topological polar surface area (TPSA) is 92.8 Å². The third-order valence-corrected chi connectivity index (χ3v) is 8.17. The Morgan fingerprint density at radius 3 is 2.24 bits per heavy atom. The van der Waals surface area contributed by atoms with Gasteiger partial charge in [-0.15, -0.1) is 0 Å². The van der Waals surface area contributed by atoms with Gasteiger partial charge in [0.1, 0.15) is 0 Å². The molecule has 1 atom stereocenters. The molecule has 3 rings (SSSR count). The fraction of sp³-hybridized carbons (Fsp3) is 0.462. The zero-order valence-corrected chi connectivity index (χ0v) is 21.1. The summed E-state index contributed by atoms with van der Waals surface area (Å²) in [5, 5.41) is 3.07. The van der Waals surface area contributed by atoms with Crippen molar-refractivity contribution in [1.82, 2.24) is 9.62 Å². The predicted molar refractivity (Wildman–Crippen MR) is 131 cm³/mol. The molecule has 1 unspecified atom stereocenters. The largest absolute Gasteiger partial charge is 0.465 e. The van der Waals surface area contributed by atoms with E-state index in [1.165, 1.54) is 29.1 Å². The van der Waals surface area contributed by atoms with E-state index >= 15 is 0 Å². The van der Waals surface area contributed by atoms with Crippen LogP contribution in [0.15, 0.2) is 53.4 Å². The Morgan fingerprint density at radius 1 is 1.03 bits per heavy atom. The van der Waals surface area contributed by atoms with Crippen molar-refractivity contribution in [2.75, 3.05) is 20.2 Å². The smallest absolute Gasteiger partial charge is 0.339 e. The van der Waals surface area contributed by atoms with Crippen LogP contribution in [-0.2, 0) is 26.0 Å². The van der Waals surface area contributed by atoms with Crippen molar-refractivity contribution in [2.45, 2.75) is 51.0 Å². The van der Waals surface area contributed by atoms with E-state index in [2.05, 4.69) is 43.4 Å². The summed E-state index contributed by atoms with van der Waals surface area (Å²) in [6, 6.07) is 14.2. The number of methoxy groups -OCH3 is 1. The molecule has 1 aliphatic rings. The van der Waals surface area contributed by atoms with Crippen LogP contribution in [0.5, 0.6) is 0 Å². The number of benzene rings is 2. The first kappa shape index (κ1) is 25.9. The molecular weight excluding hydrogens is 452 g/mol. The second-order valence-corrected chi connectivity index (χ2v) is 11.1. The first-order valence-corrected chi connectivity index (χ1v) is 13.1. The van der Waals surface area contributed by atoms with Gasteiger partial charge < -0.3 is 10.1 Å². The lowest BCUT2D eigenvalue weighted by atomic mass is 9.96.